The molecule has 1 aromatic carbocycles. The van der Waals surface area contributed by atoms with Crippen molar-refractivity contribution in [2.75, 3.05) is 7.05 Å². The van der Waals surface area contributed by atoms with Crippen LogP contribution in [0.15, 0.2) is 22.7 Å². The number of nitrogens with zero attached hydrogens (tertiary/aromatic N) is 2. The van der Waals surface area contributed by atoms with Crippen molar-refractivity contribution in [1.82, 2.24) is 4.90 Å². The minimum Gasteiger partial charge on any atom is -0.449 e. The zero-order chi connectivity index (χ0) is 18.6. The summed E-state index contributed by atoms with van der Waals surface area (Å²) in [4.78, 5) is 26.3. The Kier molecular flexibility index (Phi) is 6.17. The molecular weight excluding hydrogens is 391 g/mol. The number of likely N-dealkylation sites (N-methyl/N-ethyl adjacent to an activating group) is 1. The monoisotopic (exact) mass is 410 g/mol. The second-order valence-electron chi connectivity index (χ2n) is 6.27. The molecule has 134 valence electrons. The number of halogens is 2. The second-order valence-corrected chi connectivity index (χ2v) is 7.13. The van der Waals surface area contributed by atoms with Gasteiger partial charge in [-0.3, -0.25) is 4.79 Å². The average molecular weight is 411 g/mol. The summed E-state index contributed by atoms with van der Waals surface area (Å²) in [6, 6.07) is 5.92. The molecule has 1 aliphatic carbocycles. The summed E-state index contributed by atoms with van der Waals surface area (Å²) in [6.45, 7) is 1.46. The molecule has 0 unspecified atom stereocenters. The Balaban J connectivity index is 2.10. The third-order valence-corrected chi connectivity index (χ3v) is 5.33. The first kappa shape index (κ1) is 19.4. The summed E-state index contributed by atoms with van der Waals surface area (Å²) in [5.74, 6) is -1.81. The molecule has 0 spiro atoms. The van der Waals surface area contributed by atoms with Gasteiger partial charge in [0.15, 0.2) is 6.10 Å². The van der Waals surface area contributed by atoms with Crippen molar-refractivity contribution in [1.29, 1.82) is 5.26 Å². The molecule has 0 aliphatic heterocycles. The fraction of sp³-hybridized carbons (Fsp3) is 0.500. The molecule has 1 amide bonds. The first-order valence-electron chi connectivity index (χ1n) is 8.16. The minimum atomic E-state index is -1.07. The fourth-order valence-electron chi connectivity index (χ4n) is 3.07. The van der Waals surface area contributed by atoms with Crippen molar-refractivity contribution in [3.8, 4) is 6.07 Å². The van der Waals surface area contributed by atoms with Gasteiger partial charge < -0.3 is 9.64 Å². The van der Waals surface area contributed by atoms with Gasteiger partial charge in [0.2, 0.25) is 0 Å². The highest BCUT2D eigenvalue weighted by molar-refractivity contribution is 9.10. The summed E-state index contributed by atoms with van der Waals surface area (Å²) in [7, 11) is 1.57. The van der Waals surface area contributed by atoms with Gasteiger partial charge in [0, 0.05) is 11.5 Å². The van der Waals surface area contributed by atoms with Crippen LogP contribution in [0.1, 0.15) is 49.4 Å². The quantitative estimate of drug-likeness (QED) is 0.707. The van der Waals surface area contributed by atoms with Gasteiger partial charge in [0.05, 0.1) is 11.6 Å². The zero-order valence-corrected chi connectivity index (χ0v) is 15.8. The smallest absolute Gasteiger partial charge is 0.340 e. The Hall–Kier alpha value is -1.94. The van der Waals surface area contributed by atoms with E-state index in [4.69, 9.17) is 4.74 Å². The van der Waals surface area contributed by atoms with Gasteiger partial charge in [-0.2, -0.15) is 5.26 Å². The van der Waals surface area contributed by atoms with Crippen LogP contribution in [0.25, 0.3) is 0 Å². The number of carbonyl (C=O) groups excluding carboxylic acids is 2. The molecule has 0 heterocycles. The van der Waals surface area contributed by atoms with Crippen LogP contribution in [0.2, 0.25) is 0 Å². The first-order chi connectivity index (χ1) is 11.8. The third kappa shape index (κ3) is 4.18. The minimum absolute atomic E-state index is 0.00923. The first-order valence-corrected chi connectivity index (χ1v) is 8.95. The van der Waals surface area contributed by atoms with Crippen LogP contribution < -0.4 is 0 Å². The maximum Gasteiger partial charge on any atom is 0.340 e. The van der Waals surface area contributed by atoms with Crippen LogP contribution in [0, 0.1) is 17.1 Å². The molecule has 1 saturated carbocycles. The lowest BCUT2D eigenvalue weighted by molar-refractivity contribution is -0.143. The number of hydrogen-bond acceptors (Lipinski definition) is 4. The Labute approximate surface area is 154 Å². The summed E-state index contributed by atoms with van der Waals surface area (Å²) in [5, 5.41) is 9.57. The highest BCUT2D eigenvalue weighted by Crippen LogP contribution is 2.33. The number of esters is 1. The Morgan fingerprint density at radius 1 is 1.36 bits per heavy atom. The summed E-state index contributed by atoms with van der Waals surface area (Å²) < 4.78 is 18.9. The van der Waals surface area contributed by atoms with Crippen molar-refractivity contribution in [3.63, 3.8) is 0 Å². The van der Waals surface area contributed by atoms with Crippen LogP contribution in [-0.2, 0) is 9.53 Å². The molecule has 25 heavy (non-hydrogen) atoms. The Bertz CT molecular complexity index is 711. The molecule has 0 bridgehead atoms. The molecule has 0 N–H and O–H groups in total. The van der Waals surface area contributed by atoms with Gasteiger partial charge in [0.1, 0.15) is 11.4 Å². The lowest BCUT2D eigenvalue weighted by Gasteiger charge is -2.39. The molecule has 1 fully saturated rings. The van der Waals surface area contributed by atoms with E-state index in [1.54, 1.807) is 7.05 Å². The molecule has 7 heteroatoms. The number of ether oxygens (including phenoxy) is 1. The molecule has 0 saturated heterocycles. The normalized spacial score (nSPS) is 17.2. The largest absolute Gasteiger partial charge is 0.449 e. The topological polar surface area (TPSA) is 70.4 Å². The van der Waals surface area contributed by atoms with Crippen LogP contribution in [0.3, 0.4) is 0 Å². The molecule has 2 rings (SSSR count). The van der Waals surface area contributed by atoms with Crippen molar-refractivity contribution < 1.29 is 18.7 Å². The van der Waals surface area contributed by atoms with Crippen molar-refractivity contribution >= 4 is 27.8 Å². The molecule has 1 aromatic rings. The molecule has 0 aromatic heterocycles. The van der Waals surface area contributed by atoms with Gasteiger partial charge in [-0.15, -0.1) is 0 Å². The van der Waals surface area contributed by atoms with Crippen LogP contribution in [0.5, 0.6) is 0 Å². The predicted molar refractivity (Wildman–Crippen MR) is 93.2 cm³/mol. The lowest BCUT2D eigenvalue weighted by atomic mass is 9.81. The van der Waals surface area contributed by atoms with Crippen molar-refractivity contribution in [3.05, 3.63) is 34.1 Å². The number of nitriles is 1. The predicted octanol–water partition coefficient (Wildman–Crippen LogP) is 3.82. The standard InChI is InChI=1S/C18H20BrFN2O3/c1-12(25-17(24)14-10-13(20)6-7-15(14)19)16(23)22(2)18(11-21)8-4-3-5-9-18/h6-7,10,12H,3-5,8-9H2,1-2H3/t12-/m0/s1. The maximum atomic E-state index is 13.3. The summed E-state index contributed by atoms with van der Waals surface area (Å²) >= 11 is 3.16. The second kappa shape index (κ2) is 7.96. The zero-order valence-electron chi connectivity index (χ0n) is 14.2. The molecular formula is C18H20BrFN2O3. The average Bonchev–Trinajstić information content (AvgIpc) is 2.62. The molecule has 0 radical (unpaired) electrons. The van der Waals surface area contributed by atoms with Gasteiger partial charge in [-0.1, -0.05) is 19.3 Å². The van der Waals surface area contributed by atoms with Crippen LogP contribution >= 0.6 is 15.9 Å². The number of carbonyl (C=O) groups is 2. The van der Waals surface area contributed by atoms with Crippen molar-refractivity contribution in [2.45, 2.75) is 50.7 Å². The van der Waals surface area contributed by atoms with Crippen LogP contribution in [-0.4, -0.2) is 35.5 Å². The van der Waals surface area contributed by atoms with Gasteiger partial charge in [0.25, 0.3) is 5.91 Å². The lowest BCUT2D eigenvalue weighted by Crippen LogP contribution is -2.53. The highest BCUT2D eigenvalue weighted by atomic mass is 79.9. The van der Waals surface area contributed by atoms with E-state index in [0.717, 1.165) is 25.3 Å². The number of rotatable bonds is 4. The molecule has 5 nitrogen and oxygen atoms in total. The number of amides is 1. The van der Waals surface area contributed by atoms with Gasteiger partial charge >= 0.3 is 5.97 Å². The Morgan fingerprint density at radius 2 is 2.00 bits per heavy atom. The Morgan fingerprint density at radius 3 is 2.60 bits per heavy atom. The van der Waals surface area contributed by atoms with Crippen LogP contribution in [0.4, 0.5) is 4.39 Å². The van der Waals surface area contributed by atoms with Gasteiger partial charge in [-0.05, 0) is 53.9 Å². The van der Waals surface area contributed by atoms with E-state index in [0.29, 0.717) is 17.3 Å². The molecule has 1 aliphatic rings. The molecule has 1 atom stereocenters. The number of benzene rings is 1. The fourth-order valence-corrected chi connectivity index (χ4v) is 3.48. The van der Waals surface area contributed by atoms with E-state index < -0.39 is 29.3 Å². The summed E-state index contributed by atoms with van der Waals surface area (Å²) in [6.07, 6.45) is 2.97. The van der Waals surface area contributed by atoms with E-state index in [-0.39, 0.29) is 5.56 Å². The highest BCUT2D eigenvalue weighted by Gasteiger charge is 2.40. The van der Waals surface area contributed by atoms with E-state index in [2.05, 4.69) is 22.0 Å². The number of hydrogen-bond donors (Lipinski definition) is 0. The summed E-state index contributed by atoms with van der Waals surface area (Å²) in [5.41, 5.74) is -0.843. The van der Waals surface area contributed by atoms with Gasteiger partial charge in [-0.25, -0.2) is 9.18 Å². The third-order valence-electron chi connectivity index (χ3n) is 4.64. The maximum absolute atomic E-state index is 13.3. The van der Waals surface area contributed by atoms with E-state index in [1.807, 2.05) is 0 Å². The SMILES string of the molecule is C[C@H](OC(=O)c1cc(F)ccc1Br)C(=O)N(C)C1(C#N)CCCCC1. The van der Waals surface area contributed by atoms with Crippen molar-refractivity contribution in [2.24, 2.45) is 0 Å². The van der Waals surface area contributed by atoms with E-state index >= 15 is 0 Å². The van der Waals surface area contributed by atoms with E-state index in [1.165, 1.54) is 24.0 Å². The van der Waals surface area contributed by atoms with E-state index in [9.17, 15) is 19.2 Å².